The van der Waals surface area contributed by atoms with Gasteiger partial charge >= 0.3 is 17.9 Å². The fourth-order valence-electron chi connectivity index (χ4n) is 6.11. The zero-order valence-corrected chi connectivity index (χ0v) is 20.8. The van der Waals surface area contributed by atoms with Gasteiger partial charge in [0.2, 0.25) is 0 Å². The van der Waals surface area contributed by atoms with Gasteiger partial charge in [0, 0.05) is 61.4 Å². The summed E-state index contributed by atoms with van der Waals surface area (Å²) in [5, 5.41) is 0. The molecule has 0 aromatic rings. The molecule has 4 aliphatic rings. The molecular weight excluding hydrogens is 436 g/mol. The maximum Gasteiger partial charge on any atom is 0.334 e. The van der Waals surface area contributed by atoms with Gasteiger partial charge in [-0.05, 0) is 40.8 Å². The van der Waals surface area contributed by atoms with Crippen molar-refractivity contribution in [2.45, 2.75) is 108 Å². The molecule has 188 valence electrons. The Bertz CT molecular complexity index is 855. The predicted octanol–water partition coefficient (Wildman–Crippen LogP) is 2.76. The van der Waals surface area contributed by atoms with Gasteiger partial charge in [-0.3, -0.25) is 9.69 Å². The molecule has 34 heavy (non-hydrogen) atoms. The number of fused-ring (bicyclic) bond motifs is 4. The molecule has 4 bridgehead atoms. The smallest absolute Gasteiger partial charge is 0.334 e. The van der Waals surface area contributed by atoms with Crippen molar-refractivity contribution in [1.29, 1.82) is 0 Å². The number of carbonyl (C=O) groups excluding carboxylic acids is 3. The summed E-state index contributed by atoms with van der Waals surface area (Å²) < 4.78 is 17.1. The van der Waals surface area contributed by atoms with E-state index in [2.05, 4.69) is 23.4 Å². The third-order valence-electron chi connectivity index (χ3n) is 8.36. The first-order chi connectivity index (χ1) is 16.2. The van der Waals surface area contributed by atoms with Gasteiger partial charge in [0.25, 0.3) is 0 Å². The van der Waals surface area contributed by atoms with Crippen molar-refractivity contribution in [1.82, 2.24) is 9.80 Å². The molecule has 0 amide bonds. The molecule has 0 saturated carbocycles. The van der Waals surface area contributed by atoms with Gasteiger partial charge in [-0.2, -0.15) is 0 Å². The van der Waals surface area contributed by atoms with E-state index in [0.29, 0.717) is 30.5 Å². The molecule has 7 atom stereocenters. The van der Waals surface area contributed by atoms with Crippen LogP contribution >= 0.6 is 0 Å². The summed E-state index contributed by atoms with van der Waals surface area (Å²) in [4.78, 5) is 41.9. The predicted molar refractivity (Wildman–Crippen MR) is 126 cm³/mol. The van der Waals surface area contributed by atoms with E-state index in [1.807, 2.05) is 14.0 Å². The summed E-state index contributed by atoms with van der Waals surface area (Å²) in [5.41, 5.74) is 0.728. The Morgan fingerprint density at radius 2 is 1.47 bits per heavy atom. The molecule has 8 heteroatoms. The Morgan fingerprint density at radius 1 is 0.853 bits per heavy atom. The summed E-state index contributed by atoms with van der Waals surface area (Å²) in [6, 6.07) is 1.14. The van der Waals surface area contributed by atoms with Gasteiger partial charge < -0.3 is 19.1 Å². The van der Waals surface area contributed by atoms with Crippen LogP contribution in [-0.4, -0.2) is 84.3 Å². The average Bonchev–Trinajstić information content (AvgIpc) is 3.09. The van der Waals surface area contributed by atoms with Gasteiger partial charge in [0.05, 0.1) is 12.5 Å². The number of rotatable bonds is 7. The van der Waals surface area contributed by atoms with E-state index in [1.165, 1.54) is 0 Å². The second-order valence-electron chi connectivity index (χ2n) is 10.5. The van der Waals surface area contributed by atoms with Crippen LogP contribution < -0.4 is 0 Å². The highest BCUT2D eigenvalue weighted by molar-refractivity contribution is 5.93. The molecule has 4 fully saturated rings. The van der Waals surface area contributed by atoms with Crippen molar-refractivity contribution in [2.24, 2.45) is 0 Å². The lowest BCUT2D eigenvalue weighted by molar-refractivity contribution is -0.156. The molecule has 0 spiro atoms. The molecule has 0 aromatic heterocycles. The van der Waals surface area contributed by atoms with Crippen molar-refractivity contribution >= 4 is 17.9 Å². The maximum absolute atomic E-state index is 12.6. The number of esters is 3. The molecule has 4 saturated heterocycles. The summed E-state index contributed by atoms with van der Waals surface area (Å²) in [7, 11) is 4.16. The Balaban J connectivity index is 1.24. The zero-order valence-electron chi connectivity index (χ0n) is 20.8. The first-order valence-electron chi connectivity index (χ1n) is 12.5. The van der Waals surface area contributed by atoms with Crippen molar-refractivity contribution in [2.75, 3.05) is 14.1 Å². The van der Waals surface area contributed by atoms with Crippen LogP contribution in [0, 0.1) is 0 Å². The van der Waals surface area contributed by atoms with Crippen molar-refractivity contribution in [3.63, 3.8) is 0 Å². The molecule has 4 rings (SSSR count). The van der Waals surface area contributed by atoms with E-state index >= 15 is 0 Å². The van der Waals surface area contributed by atoms with Crippen LogP contribution in [0.3, 0.4) is 0 Å². The number of allylic oxidation sites excluding steroid dienone is 1. The Labute approximate surface area is 202 Å². The summed E-state index contributed by atoms with van der Waals surface area (Å²) in [6.45, 7) is 7.34. The number of hydrogen-bond acceptors (Lipinski definition) is 8. The second kappa shape index (κ2) is 10.2. The number of hydrogen-bond donors (Lipinski definition) is 0. The third-order valence-corrected chi connectivity index (χ3v) is 8.36. The number of likely N-dealkylation sites (N-methyl/N-ethyl adjacent to an activating group) is 1. The number of ether oxygens (including phenoxy) is 3. The Hall–Kier alpha value is -2.19. The third kappa shape index (κ3) is 5.23. The van der Waals surface area contributed by atoms with Crippen molar-refractivity contribution < 1.29 is 28.6 Å². The van der Waals surface area contributed by atoms with Crippen LogP contribution in [0.15, 0.2) is 23.8 Å². The molecule has 0 N–H and O–H groups in total. The minimum Gasteiger partial charge on any atom is -0.462 e. The van der Waals surface area contributed by atoms with Crippen LogP contribution in [0.25, 0.3) is 0 Å². The lowest BCUT2D eigenvalue weighted by atomic mass is 10.00. The van der Waals surface area contributed by atoms with Gasteiger partial charge in [0.15, 0.2) is 0 Å². The molecule has 0 aliphatic carbocycles. The lowest BCUT2D eigenvalue weighted by Crippen LogP contribution is -2.46. The quantitative estimate of drug-likeness (QED) is 0.316. The molecule has 1 unspecified atom stereocenters. The standard InChI is InChI=1S/C26H38N2O6/c1-6-15(2)25(30)34-23-13-19-12-21(14-22(23)28(19)5)32-24(29)9-16(3)26(31)33-20-10-17-7-8-18(11-20)27(17)4/h6,17-23H,3,7-14H2,1-2,4-5H3/b15-6+/t17-,18+,19-,20?,21-,22+,23-/m1/s1. The average molecular weight is 475 g/mol. The summed E-state index contributed by atoms with van der Waals surface area (Å²) >= 11 is 0. The lowest BCUT2D eigenvalue weighted by Gasteiger charge is -2.36. The maximum atomic E-state index is 12.6. The van der Waals surface area contributed by atoms with Crippen LogP contribution in [0.4, 0.5) is 0 Å². The molecule has 0 radical (unpaired) electrons. The molecule has 4 heterocycles. The number of carbonyl (C=O) groups is 3. The summed E-state index contributed by atoms with van der Waals surface area (Å²) in [5.74, 6) is -1.26. The number of nitrogens with zero attached hydrogens (tertiary/aromatic N) is 2. The van der Waals surface area contributed by atoms with Crippen LogP contribution in [0.1, 0.15) is 65.2 Å². The monoisotopic (exact) mass is 474 g/mol. The minimum absolute atomic E-state index is 0.0122. The molecule has 4 aliphatic heterocycles. The first-order valence-corrected chi connectivity index (χ1v) is 12.5. The van der Waals surface area contributed by atoms with E-state index < -0.39 is 11.9 Å². The minimum atomic E-state index is -0.499. The largest absolute Gasteiger partial charge is 0.462 e. The van der Waals surface area contributed by atoms with E-state index in [4.69, 9.17) is 14.2 Å². The van der Waals surface area contributed by atoms with Crippen LogP contribution in [0.2, 0.25) is 0 Å². The Morgan fingerprint density at radius 3 is 2.12 bits per heavy atom. The van der Waals surface area contributed by atoms with Crippen molar-refractivity contribution in [3.05, 3.63) is 23.8 Å². The van der Waals surface area contributed by atoms with E-state index in [-0.39, 0.29) is 48.4 Å². The topological polar surface area (TPSA) is 85.4 Å². The first kappa shape index (κ1) is 24.9. The van der Waals surface area contributed by atoms with E-state index in [9.17, 15) is 14.4 Å². The van der Waals surface area contributed by atoms with Gasteiger partial charge in [-0.25, -0.2) is 9.59 Å². The highest BCUT2D eigenvalue weighted by Crippen LogP contribution is 2.38. The van der Waals surface area contributed by atoms with Crippen molar-refractivity contribution in [3.8, 4) is 0 Å². The molecule has 0 aromatic carbocycles. The van der Waals surface area contributed by atoms with Gasteiger partial charge in [-0.15, -0.1) is 0 Å². The highest BCUT2D eigenvalue weighted by atomic mass is 16.6. The second-order valence-corrected chi connectivity index (χ2v) is 10.5. The summed E-state index contributed by atoms with van der Waals surface area (Å²) in [6.07, 6.45) is 6.99. The SMILES string of the molecule is C=C(CC(=O)O[C@@H]1C[C@@H]2C[C@@H](OC(=O)/C(C)=C/C)[C@H](C1)N2C)C(=O)OC1C[C@H]2CC[C@@H](C1)N2C. The fraction of sp³-hybridized carbons (Fsp3) is 0.731. The highest BCUT2D eigenvalue weighted by Gasteiger charge is 2.48. The normalized spacial score (nSPS) is 35.6. The van der Waals surface area contributed by atoms with E-state index in [0.717, 1.165) is 32.1 Å². The van der Waals surface area contributed by atoms with Crippen LogP contribution in [0.5, 0.6) is 0 Å². The molecule has 8 nitrogen and oxygen atoms in total. The Kier molecular flexibility index (Phi) is 7.48. The molecular formula is C26H38N2O6. The fourth-order valence-corrected chi connectivity index (χ4v) is 6.11. The van der Waals surface area contributed by atoms with Gasteiger partial charge in [-0.1, -0.05) is 12.7 Å². The van der Waals surface area contributed by atoms with E-state index in [1.54, 1.807) is 13.0 Å². The number of piperidine rings is 2. The zero-order chi connectivity index (χ0) is 24.6. The van der Waals surface area contributed by atoms with Crippen LogP contribution in [-0.2, 0) is 28.6 Å². The van der Waals surface area contributed by atoms with Gasteiger partial charge in [0.1, 0.15) is 18.3 Å².